The number of hydrogen-bond acceptors (Lipinski definition) is 8. The number of fused-ring (bicyclic) bond motifs is 3. The molecule has 3 aliphatic rings. The van der Waals surface area contributed by atoms with Gasteiger partial charge in [0.25, 0.3) is 0 Å². The van der Waals surface area contributed by atoms with Crippen molar-refractivity contribution in [2.45, 2.75) is 69.2 Å². The molecule has 1 saturated carbocycles. The van der Waals surface area contributed by atoms with Gasteiger partial charge in [0.2, 0.25) is 0 Å². The second kappa shape index (κ2) is 10.2. The fourth-order valence-electron chi connectivity index (χ4n) is 6.09. The maximum absolute atomic E-state index is 12.1. The molecule has 1 aliphatic carbocycles. The van der Waals surface area contributed by atoms with E-state index in [4.69, 9.17) is 30.6 Å². The molecule has 2 bridgehead atoms. The normalized spacial score (nSPS) is 22.5. The zero-order valence-corrected chi connectivity index (χ0v) is 24.5. The molecule has 4 aromatic rings. The number of benzene rings is 2. The number of ether oxygens (including phenoxy) is 2. The van der Waals surface area contributed by atoms with Crippen LogP contribution in [0.5, 0.6) is 0 Å². The van der Waals surface area contributed by atoms with Gasteiger partial charge >= 0.3 is 5.97 Å². The van der Waals surface area contributed by atoms with E-state index in [0.717, 1.165) is 80.9 Å². The quantitative estimate of drug-likeness (QED) is 0.194. The highest BCUT2D eigenvalue weighted by Gasteiger charge is 2.43. The molecule has 7 rings (SSSR count). The van der Waals surface area contributed by atoms with Gasteiger partial charge in [-0.05, 0) is 72.7 Å². The molecule has 39 heavy (non-hydrogen) atoms. The summed E-state index contributed by atoms with van der Waals surface area (Å²) in [6.07, 6.45) is 6.57. The minimum absolute atomic E-state index is 0.159. The van der Waals surface area contributed by atoms with Gasteiger partial charge in [0.15, 0.2) is 5.13 Å². The number of halogens is 2. The molecule has 0 amide bonds. The van der Waals surface area contributed by atoms with Crippen molar-refractivity contribution in [3.8, 4) is 11.3 Å². The zero-order valence-electron chi connectivity index (χ0n) is 21.4. The Hall–Kier alpha value is -2.46. The van der Waals surface area contributed by atoms with Crippen molar-refractivity contribution < 1.29 is 18.8 Å². The lowest BCUT2D eigenvalue weighted by molar-refractivity contribution is 0.0147. The molecule has 2 aliphatic heterocycles. The summed E-state index contributed by atoms with van der Waals surface area (Å²) in [5, 5.41) is 6.11. The molecule has 3 fully saturated rings. The number of methoxy groups -OCH3 is 1. The Morgan fingerprint density at radius 3 is 2.67 bits per heavy atom. The summed E-state index contributed by atoms with van der Waals surface area (Å²) >= 11 is 11.8. The van der Waals surface area contributed by atoms with E-state index >= 15 is 0 Å². The van der Waals surface area contributed by atoms with E-state index in [1.54, 1.807) is 17.4 Å². The molecule has 202 valence electrons. The fourth-order valence-corrected chi connectivity index (χ4v) is 8.17. The highest BCUT2D eigenvalue weighted by molar-refractivity contribution is 9.10. The molecular weight excluding hydrogens is 602 g/mol. The molecule has 2 aromatic carbocycles. The summed E-state index contributed by atoms with van der Waals surface area (Å²) in [6.45, 7) is 0.477. The first kappa shape index (κ1) is 25.5. The average Bonchev–Trinajstić information content (AvgIpc) is 3.45. The Bertz CT molecular complexity index is 1550. The monoisotopic (exact) mass is 627 g/mol. The van der Waals surface area contributed by atoms with Crippen LogP contribution in [0.15, 0.2) is 45.4 Å². The third kappa shape index (κ3) is 4.67. The average molecular weight is 629 g/mol. The summed E-state index contributed by atoms with van der Waals surface area (Å²) in [7, 11) is 1.40. The molecule has 0 radical (unpaired) electrons. The Labute approximate surface area is 243 Å². The molecule has 3 atom stereocenters. The van der Waals surface area contributed by atoms with Gasteiger partial charge in [0.05, 0.1) is 40.6 Å². The first-order valence-electron chi connectivity index (χ1n) is 13.3. The van der Waals surface area contributed by atoms with Crippen LogP contribution >= 0.6 is 38.9 Å². The first-order valence-corrected chi connectivity index (χ1v) is 15.3. The van der Waals surface area contributed by atoms with Crippen molar-refractivity contribution in [3.05, 3.63) is 62.8 Å². The summed E-state index contributed by atoms with van der Waals surface area (Å²) < 4.78 is 19.1. The maximum Gasteiger partial charge on any atom is 0.337 e. The fraction of sp³-hybridized carbons (Fsp3) is 0.414. The van der Waals surface area contributed by atoms with Crippen molar-refractivity contribution in [2.24, 2.45) is 0 Å². The van der Waals surface area contributed by atoms with Gasteiger partial charge in [-0.1, -0.05) is 46.3 Å². The molecule has 0 N–H and O–H groups in total. The van der Waals surface area contributed by atoms with Gasteiger partial charge < -0.3 is 18.9 Å². The highest BCUT2D eigenvalue weighted by Crippen LogP contribution is 2.47. The number of carbonyl (C=O) groups excluding carboxylic acids is 1. The molecule has 1 unspecified atom stereocenters. The molecule has 2 saturated heterocycles. The lowest BCUT2D eigenvalue weighted by atomic mass is 10.00. The molecule has 4 heterocycles. The van der Waals surface area contributed by atoms with Gasteiger partial charge in [0.1, 0.15) is 11.5 Å². The van der Waals surface area contributed by atoms with Crippen LogP contribution in [0.1, 0.15) is 66.1 Å². The Kier molecular flexibility index (Phi) is 6.66. The van der Waals surface area contributed by atoms with Crippen LogP contribution in [-0.2, 0) is 16.1 Å². The number of esters is 1. The number of carbonyl (C=O) groups is 1. The number of rotatable bonds is 7. The molecule has 0 spiro atoms. The zero-order chi connectivity index (χ0) is 26.7. The van der Waals surface area contributed by atoms with E-state index in [9.17, 15) is 4.79 Å². The smallest absolute Gasteiger partial charge is 0.337 e. The third-order valence-corrected chi connectivity index (χ3v) is 10.1. The van der Waals surface area contributed by atoms with Gasteiger partial charge in [-0.3, -0.25) is 0 Å². The topological polar surface area (TPSA) is 77.7 Å². The molecule has 2 aromatic heterocycles. The largest absolute Gasteiger partial charge is 0.465 e. The van der Waals surface area contributed by atoms with Gasteiger partial charge in [-0.2, -0.15) is 0 Å². The van der Waals surface area contributed by atoms with E-state index < -0.39 is 0 Å². The lowest BCUT2D eigenvalue weighted by Crippen LogP contribution is -2.45. The second-order valence-electron chi connectivity index (χ2n) is 10.6. The van der Waals surface area contributed by atoms with Crippen molar-refractivity contribution in [2.75, 3.05) is 12.0 Å². The number of anilines is 1. The van der Waals surface area contributed by atoms with Crippen LogP contribution in [0.25, 0.3) is 21.5 Å². The highest BCUT2D eigenvalue weighted by atomic mass is 79.9. The second-order valence-corrected chi connectivity index (χ2v) is 12.9. The van der Waals surface area contributed by atoms with Crippen LogP contribution in [0, 0.1) is 0 Å². The van der Waals surface area contributed by atoms with Gasteiger partial charge in [-0.15, -0.1) is 0 Å². The third-order valence-electron chi connectivity index (χ3n) is 8.13. The standard InChI is InChI=1S/C29H27BrClN3O4S/c1-36-28(35)16-10-22(30)26-24(11-16)39-29(32-26)34-17-8-9-18(34)13-19(12-17)37-14-21-25(20-4-2-3-5-23(20)31)33-38-27(21)15-6-7-15/h2-5,10-11,15,17-19H,6-9,12-14H2,1H3/t17-,18+,19?. The van der Waals surface area contributed by atoms with Crippen molar-refractivity contribution in [1.29, 1.82) is 0 Å². The number of piperidine rings is 1. The van der Waals surface area contributed by atoms with E-state index in [2.05, 4.69) is 26.0 Å². The summed E-state index contributed by atoms with van der Waals surface area (Å²) in [6, 6.07) is 12.2. The first-order chi connectivity index (χ1) is 19.0. The van der Waals surface area contributed by atoms with Crippen molar-refractivity contribution in [3.63, 3.8) is 0 Å². The number of nitrogens with zero attached hydrogens (tertiary/aromatic N) is 3. The predicted molar refractivity (Wildman–Crippen MR) is 155 cm³/mol. The maximum atomic E-state index is 12.1. The molecule has 7 nitrogen and oxygen atoms in total. The minimum Gasteiger partial charge on any atom is -0.465 e. The van der Waals surface area contributed by atoms with E-state index in [1.165, 1.54) is 7.11 Å². The Morgan fingerprint density at radius 1 is 1.18 bits per heavy atom. The SMILES string of the molecule is COC(=O)c1cc(Br)c2nc(N3[C@@H]4CC[C@H]3CC(OCc3c(-c5ccccc5Cl)noc3C3CC3)C4)sc2c1. The minimum atomic E-state index is -0.346. The summed E-state index contributed by atoms with van der Waals surface area (Å²) in [5.41, 5.74) is 4.14. The van der Waals surface area contributed by atoms with Crippen molar-refractivity contribution >= 4 is 60.2 Å². The lowest BCUT2D eigenvalue weighted by Gasteiger charge is -2.38. The van der Waals surface area contributed by atoms with Gasteiger partial charge in [-0.25, -0.2) is 9.78 Å². The predicted octanol–water partition coefficient (Wildman–Crippen LogP) is 7.75. The summed E-state index contributed by atoms with van der Waals surface area (Å²) in [4.78, 5) is 19.6. The van der Waals surface area contributed by atoms with E-state index in [1.807, 2.05) is 30.3 Å². The number of hydrogen-bond donors (Lipinski definition) is 0. The van der Waals surface area contributed by atoms with E-state index in [-0.39, 0.29) is 12.1 Å². The molecular formula is C29H27BrClN3O4S. The van der Waals surface area contributed by atoms with Crippen molar-refractivity contribution in [1.82, 2.24) is 10.1 Å². The number of thiazole rings is 1. The van der Waals surface area contributed by atoms with Crippen LogP contribution in [0.2, 0.25) is 5.02 Å². The number of aromatic nitrogens is 2. The van der Waals surface area contributed by atoms with E-state index in [0.29, 0.717) is 35.2 Å². The van der Waals surface area contributed by atoms with Gasteiger partial charge in [0, 0.05) is 33.6 Å². The van der Waals surface area contributed by atoms with Crippen LogP contribution < -0.4 is 4.90 Å². The Balaban J connectivity index is 1.10. The van der Waals surface area contributed by atoms with Crippen LogP contribution in [-0.4, -0.2) is 41.4 Å². The van der Waals surface area contributed by atoms with Crippen LogP contribution in [0.4, 0.5) is 5.13 Å². The molecule has 10 heteroatoms. The Morgan fingerprint density at radius 2 is 1.95 bits per heavy atom. The van der Waals surface area contributed by atoms with Crippen LogP contribution in [0.3, 0.4) is 0 Å². The summed E-state index contributed by atoms with van der Waals surface area (Å²) in [5.74, 6) is 1.04.